The van der Waals surface area contributed by atoms with Gasteiger partial charge >= 0.3 is 5.97 Å². The topological polar surface area (TPSA) is 170 Å². The van der Waals surface area contributed by atoms with Crippen LogP contribution in [0.15, 0.2) is 48.5 Å². The van der Waals surface area contributed by atoms with E-state index in [9.17, 15) is 25.1 Å². The minimum Gasteiger partial charge on any atom is -0.507 e. The molecule has 2 aromatic carbocycles. The third-order valence-corrected chi connectivity index (χ3v) is 5.13. The lowest BCUT2D eigenvalue weighted by atomic mass is 9.97. The molecule has 0 aliphatic carbocycles. The van der Waals surface area contributed by atoms with Gasteiger partial charge in [0.2, 0.25) is 0 Å². The number of hydrogen-bond donors (Lipinski definition) is 5. The van der Waals surface area contributed by atoms with E-state index in [2.05, 4.69) is 10.3 Å². The van der Waals surface area contributed by atoms with Crippen molar-refractivity contribution >= 4 is 35.0 Å². The van der Waals surface area contributed by atoms with Crippen LogP contribution in [0, 0.1) is 11.3 Å². The molecule has 9 nitrogen and oxygen atoms in total. The second-order valence-electron chi connectivity index (χ2n) is 7.08. The van der Waals surface area contributed by atoms with Crippen molar-refractivity contribution in [2.24, 2.45) is 0 Å². The highest BCUT2D eigenvalue weighted by Gasteiger charge is 2.20. The number of amides is 1. The van der Waals surface area contributed by atoms with Crippen molar-refractivity contribution in [1.29, 1.82) is 5.26 Å². The lowest BCUT2D eigenvalue weighted by Crippen LogP contribution is -2.28. The number of hydrogen-bond acceptors (Lipinski definition) is 7. The van der Waals surface area contributed by atoms with Crippen LogP contribution in [0.4, 0.5) is 11.5 Å². The van der Waals surface area contributed by atoms with Crippen LogP contribution in [0.5, 0.6) is 5.75 Å². The second-order valence-corrected chi connectivity index (χ2v) is 7.48. The number of carbonyl (C=O) groups excluding carboxylic acids is 1. The Labute approximate surface area is 193 Å². The Kier molecular flexibility index (Phi) is 7.13. The number of carboxylic acid groups (broad SMARTS) is 1. The number of aliphatic carboxylic acids is 1. The fourth-order valence-electron chi connectivity index (χ4n) is 3.15. The number of aromatic hydroxyl groups is 1. The maximum Gasteiger partial charge on any atom is 0.303 e. The molecule has 10 heteroatoms. The summed E-state index contributed by atoms with van der Waals surface area (Å²) in [5, 5.41) is 41.2. The number of phenols is 1. The minimum atomic E-state index is -1.51. The molecule has 33 heavy (non-hydrogen) atoms. The van der Waals surface area contributed by atoms with Crippen LogP contribution >= 0.6 is 11.6 Å². The molecule has 1 amide bonds. The number of halogens is 1. The fourth-order valence-corrected chi connectivity index (χ4v) is 3.37. The zero-order chi connectivity index (χ0) is 24.1. The average Bonchev–Trinajstić information content (AvgIpc) is 2.78. The molecule has 1 atom stereocenters. The number of pyridine rings is 1. The van der Waals surface area contributed by atoms with Crippen LogP contribution < -0.4 is 11.1 Å². The standard InChI is InChI=1S/C23H19ClN4O5/c24-17-6-5-12(27-23(33)20(30)7-8-21(31)32)9-15(17)14-10-18(28-22(26)16(14)11-25)13-3-1-2-4-19(13)29/h1-6,9-10,20,29-30H,7-8H2,(H2,26,28)(H,27,33)(H,31,32). The molecular formula is C23H19ClN4O5. The quantitative estimate of drug-likeness (QED) is 0.352. The molecule has 0 bridgehead atoms. The highest BCUT2D eigenvalue weighted by molar-refractivity contribution is 6.33. The summed E-state index contributed by atoms with van der Waals surface area (Å²) in [6.07, 6.45) is -2.12. The van der Waals surface area contributed by atoms with E-state index in [0.29, 0.717) is 22.4 Å². The zero-order valence-electron chi connectivity index (χ0n) is 17.1. The first kappa shape index (κ1) is 23.5. The monoisotopic (exact) mass is 466 g/mol. The van der Waals surface area contributed by atoms with Gasteiger partial charge in [-0.2, -0.15) is 5.26 Å². The van der Waals surface area contributed by atoms with Gasteiger partial charge < -0.3 is 26.4 Å². The smallest absolute Gasteiger partial charge is 0.303 e. The summed E-state index contributed by atoms with van der Waals surface area (Å²) in [6.45, 7) is 0. The number of carbonyl (C=O) groups is 2. The van der Waals surface area contributed by atoms with Crippen molar-refractivity contribution in [2.75, 3.05) is 11.1 Å². The summed E-state index contributed by atoms with van der Waals surface area (Å²) in [5.74, 6) is -2.00. The van der Waals surface area contributed by atoms with Crippen LogP contribution in [0.2, 0.25) is 5.02 Å². The van der Waals surface area contributed by atoms with Crippen LogP contribution in [-0.4, -0.2) is 38.3 Å². The Morgan fingerprint density at radius 2 is 1.88 bits per heavy atom. The van der Waals surface area contributed by atoms with E-state index in [0.717, 1.165) is 0 Å². The fraction of sp³-hybridized carbons (Fsp3) is 0.130. The van der Waals surface area contributed by atoms with Gasteiger partial charge in [0.15, 0.2) is 0 Å². The highest BCUT2D eigenvalue weighted by Crippen LogP contribution is 2.38. The molecule has 0 aliphatic heterocycles. The second kappa shape index (κ2) is 9.99. The molecule has 0 spiro atoms. The number of para-hydroxylation sites is 1. The van der Waals surface area contributed by atoms with E-state index in [1.807, 2.05) is 6.07 Å². The van der Waals surface area contributed by atoms with E-state index < -0.39 is 18.0 Å². The highest BCUT2D eigenvalue weighted by atomic mass is 35.5. The van der Waals surface area contributed by atoms with Crippen molar-refractivity contribution in [3.63, 3.8) is 0 Å². The van der Waals surface area contributed by atoms with Crippen LogP contribution in [0.1, 0.15) is 18.4 Å². The van der Waals surface area contributed by atoms with Crippen LogP contribution in [-0.2, 0) is 9.59 Å². The molecule has 0 saturated carbocycles. The molecule has 1 heterocycles. The minimum absolute atomic E-state index is 0.0254. The zero-order valence-corrected chi connectivity index (χ0v) is 17.9. The summed E-state index contributed by atoms with van der Waals surface area (Å²) in [4.78, 5) is 27.1. The summed E-state index contributed by atoms with van der Waals surface area (Å²) in [7, 11) is 0. The van der Waals surface area contributed by atoms with E-state index in [1.165, 1.54) is 24.3 Å². The molecular weight excluding hydrogens is 448 g/mol. The molecule has 0 aliphatic rings. The van der Waals surface area contributed by atoms with Crippen LogP contribution in [0.3, 0.4) is 0 Å². The lowest BCUT2D eigenvalue weighted by Gasteiger charge is -2.15. The number of nitrogens with one attached hydrogen (secondary N) is 1. The maximum atomic E-state index is 12.2. The van der Waals surface area contributed by atoms with Gasteiger partial charge in [0, 0.05) is 33.8 Å². The number of aliphatic hydroxyl groups excluding tert-OH is 1. The largest absolute Gasteiger partial charge is 0.507 e. The number of anilines is 2. The molecule has 3 aromatic rings. The number of carboxylic acids is 1. The summed E-state index contributed by atoms with van der Waals surface area (Å²) >= 11 is 6.38. The third kappa shape index (κ3) is 5.38. The molecule has 6 N–H and O–H groups in total. The summed E-state index contributed by atoms with van der Waals surface area (Å²) in [5.41, 5.74) is 7.73. The van der Waals surface area contributed by atoms with E-state index >= 15 is 0 Å². The van der Waals surface area contributed by atoms with Gasteiger partial charge in [-0.25, -0.2) is 4.98 Å². The van der Waals surface area contributed by atoms with Gasteiger partial charge in [-0.1, -0.05) is 23.7 Å². The number of nitrogens with zero attached hydrogens (tertiary/aromatic N) is 2. The van der Waals surface area contributed by atoms with Gasteiger partial charge in [0.25, 0.3) is 5.91 Å². The third-order valence-electron chi connectivity index (χ3n) is 4.80. The Morgan fingerprint density at radius 3 is 2.55 bits per heavy atom. The Balaban J connectivity index is 2.02. The summed E-state index contributed by atoms with van der Waals surface area (Å²) < 4.78 is 0. The molecule has 1 aromatic heterocycles. The number of nitriles is 1. The average molecular weight is 467 g/mol. The van der Waals surface area contributed by atoms with Crippen molar-refractivity contribution in [3.8, 4) is 34.2 Å². The molecule has 168 valence electrons. The number of aromatic nitrogens is 1. The number of aliphatic hydroxyl groups is 1. The molecule has 0 radical (unpaired) electrons. The van der Waals surface area contributed by atoms with Crippen molar-refractivity contribution in [1.82, 2.24) is 4.98 Å². The van der Waals surface area contributed by atoms with Gasteiger partial charge in [0.1, 0.15) is 29.3 Å². The SMILES string of the molecule is N#Cc1c(-c2cc(NC(=O)C(O)CCC(=O)O)ccc2Cl)cc(-c2ccccc2O)nc1N. The maximum absolute atomic E-state index is 12.2. The lowest BCUT2D eigenvalue weighted by molar-refractivity contribution is -0.138. The summed E-state index contributed by atoms with van der Waals surface area (Å²) in [6, 6.07) is 14.5. The Hall–Kier alpha value is -4.13. The molecule has 0 saturated heterocycles. The molecule has 3 rings (SSSR count). The van der Waals surface area contributed by atoms with Crippen molar-refractivity contribution < 1.29 is 24.9 Å². The predicted molar refractivity (Wildman–Crippen MR) is 122 cm³/mol. The van der Waals surface area contributed by atoms with Crippen molar-refractivity contribution in [2.45, 2.75) is 18.9 Å². The van der Waals surface area contributed by atoms with E-state index in [-0.39, 0.29) is 40.7 Å². The van der Waals surface area contributed by atoms with E-state index in [4.69, 9.17) is 22.4 Å². The number of phenolic OH excluding ortho intramolecular Hbond substituents is 1. The first-order chi connectivity index (χ1) is 15.7. The first-order valence-corrected chi connectivity index (χ1v) is 10.1. The predicted octanol–water partition coefficient (Wildman–Crippen LogP) is 3.39. The van der Waals surface area contributed by atoms with E-state index in [1.54, 1.807) is 24.3 Å². The number of nitrogen functional groups attached to an aromatic ring is 1. The first-order valence-electron chi connectivity index (χ1n) is 9.71. The number of benzene rings is 2. The normalized spacial score (nSPS) is 11.4. The number of rotatable bonds is 7. The van der Waals surface area contributed by atoms with Crippen molar-refractivity contribution in [3.05, 3.63) is 59.1 Å². The Bertz CT molecular complexity index is 1270. The molecule has 0 fully saturated rings. The van der Waals surface area contributed by atoms with Gasteiger partial charge in [-0.05, 0) is 42.8 Å². The van der Waals surface area contributed by atoms with Crippen LogP contribution in [0.25, 0.3) is 22.4 Å². The van der Waals surface area contributed by atoms with Gasteiger partial charge in [-0.3, -0.25) is 9.59 Å². The molecule has 1 unspecified atom stereocenters. The van der Waals surface area contributed by atoms with Gasteiger partial charge in [0.05, 0.1) is 5.69 Å². The van der Waals surface area contributed by atoms with Gasteiger partial charge in [-0.15, -0.1) is 0 Å². The Morgan fingerprint density at radius 1 is 1.15 bits per heavy atom. The number of nitrogens with two attached hydrogens (primary N) is 1.